The van der Waals surface area contributed by atoms with Crippen molar-refractivity contribution in [2.75, 3.05) is 13.1 Å². The molecular weight excluding hydrogens is 269 g/mol. The lowest BCUT2D eigenvalue weighted by molar-refractivity contribution is 0.240. The Kier molecular flexibility index (Phi) is 4.36. The van der Waals surface area contributed by atoms with Crippen LogP contribution in [0.4, 0.5) is 4.39 Å². The third-order valence-electron chi connectivity index (χ3n) is 3.21. The van der Waals surface area contributed by atoms with Gasteiger partial charge >= 0.3 is 0 Å². The Hall–Kier alpha value is -0.410. The first-order valence-electron chi connectivity index (χ1n) is 5.86. The zero-order chi connectivity index (χ0) is 11.4. The van der Waals surface area contributed by atoms with Crippen LogP contribution in [0.3, 0.4) is 0 Å². The number of piperidine rings is 1. The molecule has 0 spiro atoms. The number of rotatable bonds is 3. The van der Waals surface area contributed by atoms with Crippen molar-refractivity contribution in [3.63, 3.8) is 0 Å². The lowest BCUT2D eigenvalue weighted by Crippen LogP contribution is -2.28. The van der Waals surface area contributed by atoms with Crippen LogP contribution in [0.1, 0.15) is 31.0 Å². The second kappa shape index (κ2) is 5.78. The fraction of sp³-hybridized carbons (Fsp3) is 0.538. The minimum Gasteiger partial charge on any atom is -0.317 e. The average Bonchev–Trinajstić information content (AvgIpc) is 2.30. The van der Waals surface area contributed by atoms with Gasteiger partial charge in [-0.1, -0.05) is 28.1 Å². The van der Waals surface area contributed by atoms with Crippen molar-refractivity contribution in [1.82, 2.24) is 5.32 Å². The lowest BCUT2D eigenvalue weighted by Gasteiger charge is -2.24. The molecule has 1 aromatic rings. The van der Waals surface area contributed by atoms with Crippen molar-refractivity contribution < 1.29 is 4.39 Å². The first-order chi connectivity index (χ1) is 7.75. The number of nitrogens with one attached hydrogen (secondary N) is 1. The molecular formula is C13H17BrFN. The van der Waals surface area contributed by atoms with Gasteiger partial charge in [0.1, 0.15) is 6.17 Å². The first-order valence-corrected chi connectivity index (χ1v) is 6.65. The van der Waals surface area contributed by atoms with E-state index in [1.54, 1.807) is 0 Å². The monoisotopic (exact) mass is 285 g/mol. The van der Waals surface area contributed by atoms with Gasteiger partial charge in [0, 0.05) is 4.47 Å². The van der Waals surface area contributed by atoms with Crippen LogP contribution in [0.15, 0.2) is 28.7 Å². The summed E-state index contributed by atoms with van der Waals surface area (Å²) in [6, 6.07) is 7.58. The number of alkyl halides is 1. The van der Waals surface area contributed by atoms with Gasteiger partial charge < -0.3 is 5.32 Å². The molecule has 1 saturated heterocycles. The normalized spacial score (nSPS) is 19.6. The molecule has 1 atom stereocenters. The summed E-state index contributed by atoms with van der Waals surface area (Å²) in [6.07, 6.45) is 2.06. The van der Waals surface area contributed by atoms with Gasteiger partial charge in [-0.25, -0.2) is 4.39 Å². The third-order valence-corrected chi connectivity index (χ3v) is 3.70. The van der Waals surface area contributed by atoms with Crippen molar-refractivity contribution in [3.05, 3.63) is 34.3 Å². The highest BCUT2D eigenvalue weighted by molar-refractivity contribution is 9.10. The van der Waals surface area contributed by atoms with Crippen LogP contribution in [0.25, 0.3) is 0 Å². The zero-order valence-corrected chi connectivity index (χ0v) is 10.8. The number of hydrogen-bond acceptors (Lipinski definition) is 1. The van der Waals surface area contributed by atoms with Crippen molar-refractivity contribution in [1.29, 1.82) is 0 Å². The van der Waals surface area contributed by atoms with Gasteiger partial charge in [-0.05, 0) is 56.0 Å². The van der Waals surface area contributed by atoms with Gasteiger partial charge in [0.25, 0.3) is 0 Å². The smallest absolute Gasteiger partial charge is 0.125 e. The molecule has 0 saturated carbocycles. The fourth-order valence-corrected chi connectivity index (χ4v) is 2.66. The maximum Gasteiger partial charge on any atom is 0.125 e. The molecule has 1 fully saturated rings. The lowest BCUT2D eigenvalue weighted by atomic mass is 9.90. The quantitative estimate of drug-likeness (QED) is 0.890. The topological polar surface area (TPSA) is 12.0 Å². The Labute approximate surface area is 105 Å². The molecule has 0 radical (unpaired) electrons. The summed E-state index contributed by atoms with van der Waals surface area (Å²) in [6.45, 7) is 2.08. The summed E-state index contributed by atoms with van der Waals surface area (Å²) in [7, 11) is 0. The minimum atomic E-state index is -0.819. The van der Waals surface area contributed by atoms with Gasteiger partial charge in [0.15, 0.2) is 0 Å². The predicted octanol–water partition coefficient (Wildman–Crippen LogP) is 3.85. The maximum absolute atomic E-state index is 14.1. The van der Waals surface area contributed by atoms with E-state index in [0.29, 0.717) is 12.3 Å². The van der Waals surface area contributed by atoms with Crippen LogP contribution in [-0.2, 0) is 0 Å². The van der Waals surface area contributed by atoms with E-state index < -0.39 is 6.17 Å². The summed E-state index contributed by atoms with van der Waals surface area (Å²) in [5.74, 6) is 0.537. The fourth-order valence-electron chi connectivity index (χ4n) is 2.25. The molecule has 88 valence electrons. The van der Waals surface area contributed by atoms with E-state index in [1.165, 1.54) is 0 Å². The molecule has 1 aliphatic rings. The predicted molar refractivity (Wildman–Crippen MR) is 68.2 cm³/mol. The summed E-state index contributed by atoms with van der Waals surface area (Å²) < 4.78 is 15.0. The van der Waals surface area contributed by atoms with Gasteiger partial charge in [-0.3, -0.25) is 0 Å². The molecule has 1 aliphatic heterocycles. The molecule has 0 amide bonds. The standard InChI is InChI=1S/C13H17BrFN/c14-12-3-1-2-11(9-12)13(15)8-10-4-6-16-7-5-10/h1-3,9-10,13,16H,4-8H2. The molecule has 1 aromatic carbocycles. The molecule has 0 bridgehead atoms. The molecule has 3 heteroatoms. The Bertz CT molecular complexity index is 336. The highest BCUT2D eigenvalue weighted by Gasteiger charge is 2.19. The van der Waals surface area contributed by atoms with E-state index in [0.717, 1.165) is 36.0 Å². The Morgan fingerprint density at radius 3 is 2.81 bits per heavy atom. The molecule has 1 nitrogen and oxygen atoms in total. The molecule has 1 N–H and O–H groups in total. The van der Waals surface area contributed by atoms with E-state index in [4.69, 9.17) is 0 Å². The van der Waals surface area contributed by atoms with Crippen molar-refractivity contribution in [2.24, 2.45) is 5.92 Å². The van der Waals surface area contributed by atoms with Gasteiger partial charge in [0.05, 0.1) is 0 Å². The van der Waals surface area contributed by atoms with Crippen molar-refractivity contribution in [3.8, 4) is 0 Å². The number of halogens is 2. The molecule has 0 aromatic heterocycles. The summed E-state index contributed by atoms with van der Waals surface area (Å²) in [5, 5.41) is 3.31. The SMILES string of the molecule is FC(CC1CCNCC1)c1cccc(Br)c1. The van der Waals surface area contributed by atoms with E-state index in [1.807, 2.05) is 24.3 Å². The van der Waals surface area contributed by atoms with E-state index in [-0.39, 0.29) is 0 Å². The molecule has 0 aliphatic carbocycles. The van der Waals surface area contributed by atoms with Gasteiger partial charge in [0.2, 0.25) is 0 Å². The average molecular weight is 286 g/mol. The molecule has 1 heterocycles. The van der Waals surface area contributed by atoms with Crippen LogP contribution in [0.2, 0.25) is 0 Å². The highest BCUT2D eigenvalue weighted by Crippen LogP contribution is 2.30. The molecule has 16 heavy (non-hydrogen) atoms. The molecule has 1 unspecified atom stereocenters. The zero-order valence-electron chi connectivity index (χ0n) is 9.26. The van der Waals surface area contributed by atoms with E-state index in [2.05, 4.69) is 21.2 Å². The van der Waals surface area contributed by atoms with Crippen molar-refractivity contribution in [2.45, 2.75) is 25.4 Å². The Balaban J connectivity index is 1.94. The van der Waals surface area contributed by atoms with Gasteiger partial charge in [-0.15, -0.1) is 0 Å². The molecule has 2 rings (SSSR count). The van der Waals surface area contributed by atoms with Gasteiger partial charge in [-0.2, -0.15) is 0 Å². The van der Waals surface area contributed by atoms with E-state index >= 15 is 0 Å². The highest BCUT2D eigenvalue weighted by atomic mass is 79.9. The Morgan fingerprint density at radius 2 is 2.12 bits per heavy atom. The maximum atomic E-state index is 14.1. The first kappa shape index (κ1) is 12.1. The third kappa shape index (κ3) is 3.29. The van der Waals surface area contributed by atoms with Crippen LogP contribution < -0.4 is 5.32 Å². The minimum absolute atomic E-state index is 0.537. The van der Waals surface area contributed by atoms with Crippen LogP contribution in [0, 0.1) is 5.92 Å². The second-order valence-corrected chi connectivity index (χ2v) is 5.37. The summed E-state index contributed by atoms with van der Waals surface area (Å²) >= 11 is 3.38. The van der Waals surface area contributed by atoms with Crippen LogP contribution >= 0.6 is 15.9 Å². The van der Waals surface area contributed by atoms with E-state index in [9.17, 15) is 4.39 Å². The number of hydrogen-bond donors (Lipinski definition) is 1. The Morgan fingerprint density at radius 1 is 1.38 bits per heavy atom. The largest absolute Gasteiger partial charge is 0.317 e. The van der Waals surface area contributed by atoms with Crippen molar-refractivity contribution >= 4 is 15.9 Å². The number of benzene rings is 1. The van der Waals surface area contributed by atoms with Crippen LogP contribution in [0.5, 0.6) is 0 Å². The van der Waals surface area contributed by atoms with Crippen LogP contribution in [-0.4, -0.2) is 13.1 Å². The summed E-state index contributed by atoms with van der Waals surface area (Å²) in [5.41, 5.74) is 0.799. The second-order valence-electron chi connectivity index (χ2n) is 4.45. The summed E-state index contributed by atoms with van der Waals surface area (Å²) in [4.78, 5) is 0.